The number of halogens is 6. The van der Waals surface area contributed by atoms with Crippen molar-refractivity contribution in [3.05, 3.63) is 69.8 Å². The highest BCUT2D eigenvalue weighted by Crippen LogP contribution is 2.40. The second-order valence-corrected chi connectivity index (χ2v) is 8.53. The molecule has 0 N–H and O–H groups in total. The third-order valence-corrected chi connectivity index (χ3v) is 6.26. The van der Waals surface area contributed by atoms with Crippen molar-refractivity contribution >= 4 is 0 Å². The van der Waals surface area contributed by atoms with Crippen molar-refractivity contribution in [1.82, 2.24) is 0 Å². The van der Waals surface area contributed by atoms with Gasteiger partial charge in [0.25, 0.3) is 0 Å². The van der Waals surface area contributed by atoms with Crippen LogP contribution in [0.25, 0.3) is 0 Å². The molecule has 0 saturated heterocycles. The third kappa shape index (κ3) is 5.89. The molecule has 0 bridgehead atoms. The minimum absolute atomic E-state index is 0.0326. The van der Waals surface area contributed by atoms with Crippen molar-refractivity contribution in [3.8, 4) is 6.07 Å². The van der Waals surface area contributed by atoms with Crippen LogP contribution in [0.3, 0.4) is 0 Å². The topological polar surface area (TPSA) is 33.0 Å². The SMILES string of the molecule is CCC[C@H]1CC[C@H](c2cc(F)c(C(F)(F)OCCc3cc(F)c(C#N)c(F)c3)c(F)c2)CC1. The molecule has 33 heavy (non-hydrogen) atoms. The van der Waals surface area contributed by atoms with Crippen molar-refractivity contribution in [2.24, 2.45) is 5.92 Å². The quantitative estimate of drug-likeness (QED) is 0.375. The maximum absolute atomic E-state index is 14.6. The Morgan fingerprint density at radius 3 is 2.03 bits per heavy atom. The van der Waals surface area contributed by atoms with E-state index in [2.05, 4.69) is 11.7 Å². The molecule has 0 amide bonds. The number of hydrogen-bond donors (Lipinski definition) is 0. The summed E-state index contributed by atoms with van der Waals surface area (Å²) in [5.74, 6) is -4.52. The smallest absolute Gasteiger partial charge is 0.316 e. The van der Waals surface area contributed by atoms with Crippen LogP contribution in [-0.4, -0.2) is 6.61 Å². The van der Waals surface area contributed by atoms with Gasteiger partial charge in [0, 0.05) is 0 Å². The van der Waals surface area contributed by atoms with Gasteiger partial charge in [-0.05, 0) is 79.3 Å². The van der Waals surface area contributed by atoms with Crippen LogP contribution in [0, 0.1) is 40.5 Å². The molecule has 0 atom stereocenters. The lowest BCUT2D eigenvalue weighted by molar-refractivity contribution is -0.251. The highest BCUT2D eigenvalue weighted by molar-refractivity contribution is 5.35. The van der Waals surface area contributed by atoms with Crippen LogP contribution in [0.5, 0.6) is 0 Å². The molecule has 1 aliphatic carbocycles. The summed E-state index contributed by atoms with van der Waals surface area (Å²) >= 11 is 0. The van der Waals surface area contributed by atoms with Crippen LogP contribution in [0.1, 0.15) is 73.6 Å². The van der Waals surface area contributed by atoms with E-state index in [4.69, 9.17) is 5.26 Å². The van der Waals surface area contributed by atoms with Crippen LogP contribution in [-0.2, 0) is 17.3 Å². The highest BCUT2D eigenvalue weighted by atomic mass is 19.3. The summed E-state index contributed by atoms with van der Waals surface area (Å²) in [6.45, 7) is 1.36. The van der Waals surface area contributed by atoms with Gasteiger partial charge in [-0.15, -0.1) is 0 Å². The summed E-state index contributed by atoms with van der Waals surface area (Å²) in [4.78, 5) is 0. The number of benzene rings is 2. The molecule has 2 aromatic rings. The van der Waals surface area contributed by atoms with Crippen LogP contribution >= 0.6 is 0 Å². The fourth-order valence-corrected chi connectivity index (χ4v) is 4.55. The molecule has 2 aromatic carbocycles. The first kappa shape index (κ1) is 25.1. The molecule has 178 valence electrons. The first-order valence-electron chi connectivity index (χ1n) is 11.1. The van der Waals surface area contributed by atoms with Gasteiger partial charge >= 0.3 is 6.11 Å². The monoisotopic (exact) mass is 469 g/mol. The fraction of sp³-hybridized carbons (Fsp3) is 0.480. The van der Waals surface area contributed by atoms with Crippen LogP contribution in [0.2, 0.25) is 0 Å². The molecule has 0 aliphatic heterocycles. The van der Waals surface area contributed by atoms with Gasteiger partial charge < -0.3 is 4.74 Å². The van der Waals surface area contributed by atoms with E-state index < -0.39 is 47.1 Å². The van der Waals surface area contributed by atoms with E-state index in [0.717, 1.165) is 62.8 Å². The van der Waals surface area contributed by atoms with Crippen LogP contribution in [0.15, 0.2) is 24.3 Å². The predicted octanol–water partition coefficient (Wildman–Crippen LogP) is 7.50. The Hall–Kier alpha value is -2.53. The fourth-order valence-electron chi connectivity index (χ4n) is 4.55. The minimum atomic E-state index is -4.27. The van der Waals surface area contributed by atoms with E-state index in [0.29, 0.717) is 11.5 Å². The van der Waals surface area contributed by atoms with Crippen LogP contribution in [0.4, 0.5) is 26.3 Å². The maximum Gasteiger partial charge on any atom is 0.389 e. The van der Waals surface area contributed by atoms with E-state index in [9.17, 15) is 26.3 Å². The number of nitriles is 1. The molecular weight excluding hydrogens is 444 g/mol. The summed E-state index contributed by atoms with van der Waals surface area (Å²) in [5.41, 5.74) is -1.94. The average molecular weight is 469 g/mol. The Bertz CT molecular complexity index is 978. The Morgan fingerprint density at radius 1 is 0.939 bits per heavy atom. The van der Waals surface area contributed by atoms with E-state index in [1.807, 2.05) is 0 Å². The molecule has 1 aliphatic rings. The van der Waals surface area contributed by atoms with Gasteiger partial charge in [-0.1, -0.05) is 19.8 Å². The van der Waals surface area contributed by atoms with Crippen molar-refractivity contribution in [3.63, 3.8) is 0 Å². The Balaban J connectivity index is 1.67. The zero-order chi connectivity index (χ0) is 24.2. The zero-order valence-electron chi connectivity index (χ0n) is 18.2. The molecule has 0 unspecified atom stereocenters. The lowest BCUT2D eigenvalue weighted by atomic mass is 9.77. The molecule has 0 radical (unpaired) electrons. The van der Waals surface area contributed by atoms with Gasteiger partial charge in [-0.2, -0.15) is 14.0 Å². The van der Waals surface area contributed by atoms with E-state index in [1.165, 1.54) is 6.07 Å². The first-order chi connectivity index (χ1) is 15.7. The van der Waals surface area contributed by atoms with Gasteiger partial charge in [0.15, 0.2) is 0 Å². The molecule has 2 nitrogen and oxygen atoms in total. The van der Waals surface area contributed by atoms with E-state index in [1.54, 1.807) is 0 Å². The molecule has 0 aromatic heterocycles. The van der Waals surface area contributed by atoms with Crippen molar-refractivity contribution < 1.29 is 31.1 Å². The van der Waals surface area contributed by atoms with Gasteiger partial charge in [-0.3, -0.25) is 0 Å². The van der Waals surface area contributed by atoms with Gasteiger partial charge in [0.2, 0.25) is 0 Å². The van der Waals surface area contributed by atoms with Crippen molar-refractivity contribution in [2.75, 3.05) is 6.61 Å². The predicted molar refractivity (Wildman–Crippen MR) is 111 cm³/mol. The van der Waals surface area contributed by atoms with Crippen molar-refractivity contribution in [2.45, 2.75) is 63.9 Å². The molecular formula is C25H25F6NO. The number of nitrogens with zero attached hydrogens (tertiary/aromatic N) is 1. The third-order valence-electron chi connectivity index (χ3n) is 6.26. The van der Waals surface area contributed by atoms with Crippen LogP contribution < -0.4 is 0 Å². The highest BCUT2D eigenvalue weighted by Gasteiger charge is 2.40. The first-order valence-corrected chi connectivity index (χ1v) is 11.1. The average Bonchev–Trinajstić information content (AvgIpc) is 2.73. The van der Waals surface area contributed by atoms with E-state index in [-0.39, 0.29) is 17.9 Å². The minimum Gasteiger partial charge on any atom is -0.316 e. The Labute approximate surface area is 189 Å². The second-order valence-electron chi connectivity index (χ2n) is 8.53. The maximum atomic E-state index is 14.6. The Kier molecular flexibility index (Phi) is 8.06. The normalized spacial score (nSPS) is 18.8. The molecule has 8 heteroatoms. The molecule has 1 fully saturated rings. The van der Waals surface area contributed by atoms with Gasteiger partial charge in [0.1, 0.15) is 40.5 Å². The lowest BCUT2D eigenvalue weighted by Crippen LogP contribution is -2.24. The zero-order valence-corrected chi connectivity index (χ0v) is 18.2. The number of alkyl halides is 2. The Morgan fingerprint density at radius 2 is 1.52 bits per heavy atom. The number of ether oxygens (including phenoxy) is 1. The van der Waals surface area contributed by atoms with Gasteiger partial charge in [-0.25, -0.2) is 17.6 Å². The molecule has 0 heterocycles. The summed E-state index contributed by atoms with van der Waals surface area (Å²) in [6, 6.07) is 4.91. The second kappa shape index (κ2) is 10.6. The largest absolute Gasteiger partial charge is 0.389 e. The van der Waals surface area contributed by atoms with Gasteiger partial charge in [0.05, 0.1) is 6.61 Å². The lowest BCUT2D eigenvalue weighted by Gasteiger charge is -2.29. The summed E-state index contributed by atoms with van der Waals surface area (Å²) in [6.07, 6.45) is 0.976. The molecule has 1 saturated carbocycles. The van der Waals surface area contributed by atoms with Crippen molar-refractivity contribution in [1.29, 1.82) is 5.26 Å². The van der Waals surface area contributed by atoms with E-state index >= 15 is 0 Å². The number of rotatable bonds is 8. The summed E-state index contributed by atoms with van der Waals surface area (Å²) < 4.78 is 89.8. The molecule has 0 spiro atoms. The standard InChI is InChI=1S/C25H25F6NO/c1-2-3-15-4-6-17(7-5-15)18-12-22(28)24(23(29)13-18)25(30,31)33-9-8-16-10-20(26)19(14-32)21(27)11-16/h10-13,15,17H,2-9H2,1H3/t15-,17-. The number of hydrogen-bond acceptors (Lipinski definition) is 2. The summed E-state index contributed by atoms with van der Waals surface area (Å²) in [7, 11) is 0. The summed E-state index contributed by atoms with van der Waals surface area (Å²) in [5, 5.41) is 8.66. The molecule has 3 rings (SSSR count).